The maximum absolute atomic E-state index is 12.4. The topological polar surface area (TPSA) is 50.4 Å². The minimum atomic E-state index is -0.134. The van der Waals surface area contributed by atoms with E-state index in [0.29, 0.717) is 11.3 Å². The zero-order valence-electron chi connectivity index (χ0n) is 11.3. The lowest BCUT2D eigenvalue weighted by Gasteiger charge is -2.35. The third kappa shape index (κ3) is 3.48. The molecule has 1 aliphatic rings. The van der Waals surface area contributed by atoms with Gasteiger partial charge in [0.1, 0.15) is 5.75 Å². The van der Waals surface area contributed by atoms with Crippen molar-refractivity contribution in [3.8, 4) is 5.75 Å². The molecule has 0 saturated carbocycles. The number of benzene rings is 1. The van der Waals surface area contributed by atoms with E-state index in [-0.39, 0.29) is 11.4 Å². The number of methoxy groups -OCH3 is 1. The molecule has 1 fully saturated rings. The van der Waals surface area contributed by atoms with Gasteiger partial charge in [0, 0.05) is 10.0 Å². The number of ether oxygens (including phenoxy) is 1. The summed E-state index contributed by atoms with van der Waals surface area (Å²) in [4.78, 5) is 12.4. The van der Waals surface area contributed by atoms with E-state index < -0.39 is 0 Å². The summed E-state index contributed by atoms with van der Waals surface area (Å²) in [6.45, 7) is 3.98. The van der Waals surface area contributed by atoms with Gasteiger partial charge in [0.05, 0.1) is 12.7 Å². The highest BCUT2D eigenvalue weighted by Gasteiger charge is 2.29. The van der Waals surface area contributed by atoms with Crippen LogP contribution in [0.5, 0.6) is 5.75 Å². The molecule has 1 amide bonds. The van der Waals surface area contributed by atoms with Crippen LogP contribution in [0.15, 0.2) is 22.7 Å². The average Bonchev–Trinajstić information content (AvgIpc) is 2.39. The van der Waals surface area contributed by atoms with Crippen molar-refractivity contribution in [1.29, 1.82) is 0 Å². The molecule has 1 heterocycles. The van der Waals surface area contributed by atoms with Crippen LogP contribution in [-0.2, 0) is 0 Å². The van der Waals surface area contributed by atoms with Crippen molar-refractivity contribution in [1.82, 2.24) is 10.6 Å². The van der Waals surface area contributed by atoms with Gasteiger partial charge in [-0.1, -0.05) is 0 Å². The summed E-state index contributed by atoms with van der Waals surface area (Å²) in [5.74, 6) is 0.624. The second kappa shape index (κ2) is 5.92. The molecule has 0 aliphatic carbocycles. The van der Waals surface area contributed by atoms with Crippen molar-refractivity contribution >= 4 is 21.8 Å². The van der Waals surface area contributed by atoms with E-state index >= 15 is 0 Å². The quantitative estimate of drug-likeness (QED) is 0.896. The maximum Gasteiger partial charge on any atom is 0.252 e. The fraction of sp³-hybridized carbons (Fsp3) is 0.500. The largest absolute Gasteiger partial charge is 0.497 e. The normalized spacial score (nSPS) is 17.8. The van der Waals surface area contributed by atoms with Gasteiger partial charge in [-0.3, -0.25) is 4.79 Å². The molecular formula is C14H19BrN2O2. The summed E-state index contributed by atoms with van der Waals surface area (Å²) >= 11 is 3.41. The van der Waals surface area contributed by atoms with Crippen molar-refractivity contribution in [2.45, 2.75) is 25.3 Å². The summed E-state index contributed by atoms with van der Waals surface area (Å²) < 4.78 is 5.95. The van der Waals surface area contributed by atoms with Crippen molar-refractivity contribution in [3.05, 3.63) is 28.2 Å². The first-order chi connectivity index (χ1) is 9.04. The summed E-state index contributed by atoms with van der Waals surface area (Å²) in [7, 11) is 1.60. The van der Waals surface area contributed by atoms with Crippen LogP contribution in [0.25, 0.3) is 0 Å². The van der Waals surface area contributed by atoms with Gasteiger partial charge in [0.15, 0.2) is 0 Å². The van der Waals surface area contributed by atoms with Crippen molar-refractivity contribution in [2.75, 3.05) is 20.2 Å². The standard InChI is InChI=1S/C14H19BrN2O2/c1-14(5-7-16-8-6-14)17-13(18)11-9-10(19-2)3-4-12(11)15/h3-4,9,16H,5-8H2,1-2H3,(H,17,18). The number of carbonyl (C=O) groups excluding carboxylic acids is 1. The van der Waals surface area contributed by atoms with E-state index in [1.165, 1.54) is 0 Å². The molecule has 1 aromatic carbocycles. The maximum atomic E-state index is 12.4. The highest BCUT2D eigenvalue weighted by Crippen LogP contribution is 2.24. The molecule has 1 saturated heterocycles. The fourth-order valence-corrected chi connectivity index (χ4v) is 2.68. The van der Waals surface area contributed by atoms with E-state index in [4.69, 9.17) is 4.74 Å². The Hall–Kier alpha value is -1.07. The van der Waals surface area contributed by atoms with Crippen LogP contribution in [0.4, 0.5) is 0 Å². The van der Waals surface area contributed by atoms with Crippen LogP contribution >= 0.6 is 15.9 Å². The number of piperidine rings is 1. The highest BCUT2D eigenvalue weighted by atomic mass is 79.9. The van der Waals surface area contributed by atoms with Gasteiger partial charge in [-0.05, 0) is 67.0 Å². The second-order valence-electron chi connectivity index (χ2n) is 5.11. The molecule has 1 aliphatic heterocycles. The lowest BCUT2D eigenvalue weighted by atomic mass is 9.90. The van der Waals surface area contributed by atoms with E-state index in [1.807, 2.05) is 12.1 Å². The van der Waals surface area contributed by atoms with Crippen LogP contribution in [0.1, 0.15) is 30.1 Å². The van der Waals surface area contributed by atoms with Gasteiger partial charge < -0.3 is 15.4 Å². The minimum Gasteiger partial charge on any atom is -0.497 e. The molecule has 19 heavy (non-hydrogen) atoms. The van der Waals surface area contributed by atoms with Crippen LogP contribution in [0.3, 0.4) is 0 Å². The molecule has 2 N–H and O–H groups in total. The third-order valence-corrected chi connectivity index (χ3v) is 4.23. The first kappa shape index (κ1) is 14.3. The molecule has 0 bridgehead atoms. The van der Waals surface area contributed by atoms with E-state index in [0.717, 1.165) is 30.4 Å². The van der Waals surface area contributed by atoms with Crippen LogP contribution in [0.2, 0.25) is 0 Å². The van der Waals surface area contributed by atoms with Gasteiger partial charge in [0.2, 0.25) is 0 Å². The number of rotatable bonds is 3. The Morgan fingerprint density at radius 2 is 2.11 bits per heavy atom. The Morgan fingerprint density at radius 3 is 2.74 bits per heavy atom. The Morgan fingerprint density at radius 1 is 1.42 bits per heavy atom. The van der Waals surface area contributed by atoms with Gasteiger partial charge >= 0.3 is 0 Å². The van der Waals surface area contributed by atoms with Crippen molar-refractivity contribution < 1.29 is 9.53 Å². The van der Waals surface area contributed by atoms with Crippen molar-refractivity contribution in [3.63, 3.8) is 0 Å². The lowest BCUT2D eigenvalue weighted by molar-refractivity contribution is 0.0886. The Balaban J connectivity index is 2.15. The van der Waals surface area contributed by atoms with Crippen LogP contribution in [0, 0.1) is 0 Å². The summed E-state index contributed by atoms with van der Waals surface area (Å²) in [5.41, 5.74) is 0.476. The van der Waals surface area contributed by atoms with Crippen LogP contribution < -0.4 is 15.4 Å². The molecule has 0 unspecified atom stereocenters. The molecule has 2 rings (SSSR count). The zero-order valence-corrected chi connectivity index (χ0v) is 12.8. The predicted octanol–water partition coefficient (Wildman–Crippen LogP) is 2.33. The average molecular weight is 327 g/mol. The number of hydrogen-bond donors (Lipinski definition) is 2. The first-order valence-electron chi connectivity index (χ1n) is 6.41. The molecule has 0 atom stereocenters. The lowest BCUT2D eigenvalue weighted by Crippen LogP contribution is -2.52. The number of hydrogen-bond acceptors (Lipinski definition) is 3. The van der Waals surface area contributed by atoms with E-state index in [2.05, 4.69) is 33.5 Å². The molecular weight excluding hydrogens is 308 g/mol. The molecule has 0 radical (unpaired) electrons. The Bertz CT molecular complexity index is 471. The highest BCUT2D eigenvalue weighted by molar-refractivity contribution is 9.10. The minimum absolute atomic E-state index is 0.0600. The van der Waals surface area contributed by atoms with Crippen molar-refractivity contribution in [2.24, 2.45) is 0 Å². The van der Waals surface area contributed by atoms with E-state index in [1.54, 1.807) is 13.2 Å². The first-order valence-corrected chi connectivity index (χ1v) is 7.20. The summed E-state index contributed by atoms with van der Waals surface area (Å²) in [6, 6.07) is 5.41. The molecule has 104 valence electrons. The molecule has 0 aromatic heterocycles. The number of carbonyl (C=O) groups is 1. The molecule has 5 heteroatoms. The molecule has 1 aromatic rings. The fourth-order valence-electron chi connectivity index (χ4n) is 2.25. The smallest absolute Gasteiger partial charge is 0.252 e. The zero-order chi connectivity index (χ0) is 13.9. The van der Waals surface area contributed by atoms with E-state index in [9.17, 15) is 4.79 Å². The Labute approximate surface area is 122 Å². The monoisotopic (exact) mass is 326 g/mol. The SMILES string of the molecule is COc1ccc(Br)c(C(=O)NC2(C)CCNCC2)c1. The van der Waals surface area contributed by atoms with Crippen LogP contribution in [-0.4, -0.2) is 31.6 Å². The predicted molar refractivity (Wildman–Crippen MR) is 78.7 cm³/mol. The molecule has 0 spiro atoms. The summed E-state index contributed by atoms with van der Waals surface area (Å²) in [5, 5.41) is 6.44. The number of nitrogens with one attached hydrogen (secondary N) is 2. The molecule has 4 nitrogen and oxygen atoms in total. The number of amides is 1. The van der Waals surface area contributed by atoms with Gasteiger partial charge in [-0.2, -0.15) is 0 Å². The number of halogens is 1. The third-order valence-electron chi connectivity index (χ3n) is 3.54. The Kier molecular flexibility index (Phi) is 4.47. The second-order valence-corrected chi connectivity index (χ2v) is 5.96. The van der Waals surface area contributed by atoms with Gasteiger partial charge in [0.25, 0.3) is 5.91 Å². The summed E-state index contributed by atoms with van der Waals surface area (Å²) in [6.07, 6.45) is 1.89. The van der Waals surface area contributed by atoms with Gasteiger partial charge in [-0.15, -0.1) is 0 Å². The van der Waals surface area contributed by atoms with Gasteiger partial charge in [-0.25, -0.2) is 0 Å².